The third-order valence-electron chi connectivity index (χ3n) is 18.2. The van der Waals surface area contributed by atoms with Crippen LogP contribution in [0.1, 0.15) is 120 Å². The summed E-state index contributed by atoms with van der Waals surface area (Å²) < 4.78 is 0. The number of amides is 8. The summed E-state index contributed by atoms with van der Waals surface area (Å²) in [6, 6.07) is 21.9. The number of nitrogens with zero attached hydrogens (tertiary/aromatic N) is 2. The van der Waals surface area contributed by atoms with Crippen LogP contribution in [0.2, 0.25) is 0 Å². The first-order chi connectivity index (χ1) is 42.6. The molecule has 23 heteroatoms. The number of likely N-dealkylation sites (N-methyl/N-ethyl adjacent to an activating group) is 2. The molecule has 4 aromatic carbocycles. The van der Waals surface area contributed by atoms with Crippen molar-refractivity contribution in [3.63, 3.8) is 0 Å². The number of anilines is 2. The Labute approximate surface area is 514 Å². The highest BCUT2D eigenvalue weighted by atomic mass is 16.3. The number of carbonyl (C=O) groups excluding carboxylic acids is 8. The van der Waals surface area contributed by atoms with E-state index in [9.17, 15) is 53.1 Å². The Bertz CT molecular complexity index is 3080. The number of aliphatic hydroxyl groups excluding tert-OH is 1. The maximum absolute atomic E-state index is 14.9. The predicted octanol–water partition coefficient (Wildman–Crippen LogP) is 1.77. The molecular formula is C65H88N12O11. The van der Waals surface area contributed by atoms with Gasteiger partial charge in [0.25, 0.3) is 16.8 Å². The summed E-state index contributed by atoms with van der Waals surface area (Å²) in [6.07, 6.45) is 6.29. The molecule has 4 heterocycles. The van der Waals surface area contributed by atoms with Gasteiger partial charge in [0.1, 0.15) is 35.5 Å². The quantitative estimate of drug-likeness (QED) is 0.0262. The van der Waals surface area contributed by atoms with E-state index in [1.807, 2.05) is 44.2 Å². The summed E-state index contributed by atoms with van der Waals surface area (Å²) >= 11 is 0. The fraction of sp³-hybridized carbons (Fsp3) is 0.538. The lowest BCUT2D eigenvalue weighted by Crippen LogP contribution is -2.62. The van der Waals surface area contributed by atoms with Crippen molar-refractivity contribution in [3.8, 4) is 0 Å². The largest absolute Gasteiger partial charge is 0.396 e. The van der Waals surface area contributed by atoms with Crippen LogP contribution in [0.15, 0.2) is 101 Å². The molecule has 4 fully saturated rings. The minimum absolute atomic E-state index is 0.0629. The van der Waals surface area contributed by atoms with Gasteiger partial charge in [0.2, 0.25) is 41.4 Å². The lowest BCUT2D eigenvalue weighted by atomic mass is 9.81. The van der Waals surface area contributed by atoms with Gasteiger partial charge in [0.05, 0.1) is 12.1 Å². The van der Waals surface area contributed by atoms with Gasteiger partial charge in [-0.3, -0.25) is 47.9 Å². The Morgan fingerprint density at radius 1 is 0.557 bits per heavy atom. The third kappa shape index (κ3) is 15.1. The summed E-state index contributed by atoms with van der Waals surface area (Å²) in [7, 11) is 3.33. The Kier molecular flexibility index (Phi) is 23.4. The maximum Gasteiger partial charge on any atom is 0.255 e. The molecule has 474 valence electrons. The van der Waals surface area contributed by atoms with Gasteiger partial charge in [-0.1, -0.05) is 105 Å². The molecule has 0 aromatic heterocycles. The molecule has 0 radical (unpaired) electrons. The van der Waals surface area contributed by atoms with Crippen LogP contribution in [-0.2, 0) is 50.4 Å². The zero-order valence-electron chi connectivity index (χ0n) is 51.0. The number of rotatable bonds is 30. The van der Waals surface area contributed by atoms with E-state index < -0.39 is 82.2 Å². The molecule has 4 saturated heterocycles. The molecule has 4 aliphatic heterocycles. The van der Waals surface area contributed by atoms with Crippen LogP contribution in [0.25, 0.3) is 0 Å². The lowest BCUT2D eigenvalue weighted by molar-refractivity contribution is -0.145. The fourth-order valence-electron chi connectivity index (χ4n) is 13.2. The highest BCUT2D eigenvalue weighted by molar-refractivity contribution is 5.99. The number of benzene rings is 3. The van der Waals surface area contributed by atoms with Gasteiger partial charge in [0.15, 0.2) is 5.54 Å². The molecule has 88 heavy (non-hydrogen) atoms. The average Bonchev–Trinajstić information content (AvgIpc) is 2.74. The first-order valence-electron chi connectivity index (χ1n) is 31.4. The van der Waals surface area contributed by atoms with Crippen molar-refractivity contribution < 1.29 is 43.5 Å². The monoisotopic (exact) mass is 1210 g/mol. The highest BCUT2D eigenvalue weighted by Crippen LogP contribution is 2.38. The molecule has 0 saturated carbocycles. The van der Waals surface area contributed by atoms with E-state index in [-0.39, 0.29) is 92.2 Å². The number of fused-ring (bicyclic) bond motifs is 2. The van der Waals surface area contributed by atoms with Crippen LogP contribution in [0.4, 0.5) is 11.4 Å². The second-order valence-electron chi connectivity index (χ2n) is 23.6. The highest BCUT2D eigenvalue weighted by Gasteiger charge is 2.52. The SMILES string of the molecule is CC[C@H](NC)C(=O)N[C@@H]1C(=O)N2[C@@H](CC[C@@H]1CNC(=O)CCCNc1c(NCCCCNC(=O)C(NC(=O)[C@@H]3CC[C@@H]4CC[C@H](CO)[C@H](NC(=O)[C@H](CC)NC)C(=O)N43)(c3ccccc3)c3ccccc3)c(=O)c1=O)CC[C@H]2C(=O)NCc1ccccc1. The van der Waals surface area contributed by atoms with Crippen LogP contribution in [0, 0.1) is 11.8 Å². The number of hydrogen-bond donors (Lipinski definition) is 11. The molecule has 4 aromatic rings. The zero-order valence-corrected chi connectivity index (χ0v) is 51.0. The molecule has 0 spiro atoms. The first kappa shape index (κ1) is 65.9. The normalized spacial score (nSPS) is 22.5. The van der Waals surface area contributed by atoms with Crippen molar-refractivity contribution in [3.05, 3.63) is 128 Å². The van der Waals surface area contributed by atoms with E-state index in [1.54, 1.807) is 84.6 Å². The minimum Gasteiger partial charge on any atom is -0.396 e. The minimum atomic E-state index is -1.76. The summed E-state index contributed by atoms with van der Waals surface area (Å²) in [6.45, 7) is 4.44. The second-order valence-corrected chi connectivity index (χ2v) is 23.6. The van der Waals surface area contributed by atoms with Gasteiger partial charge in [0, 0.05) is 69.7 Å². The Balaban J connectivity index is 0.835. The smallest absolute Gasteiger partial charge is 0.255 e. The van der Waals surface area contributed by atoms with Crippen LogP contribution >= 0.6 is 0 Å². The van der Waals surface area contributed by atoms with Crippen molar-refractivity contribution >= 4 is 58.6 Å². The van der Waals surface area contributed by atoms with Crippen LogP contribution in [-0.4, -0.2) is 157 Å². The van der Waals surface area contributed by atoms with Gasteiger partial charge in [-0.2, -0.15) is 0 Å². The van der Waals surface area contributed by atoms with Gasteiger partial charge >= 0.3 is 0 Å². The van der Waals surface area contributed by atoms with Crippen molar-refractivity contribution in [1.82, 2.24) is 52.3 Å². The average molecular weight is 1210 g/mol. The number of nitrogens with one attached hydrogen (secondary N) is 10. The number of aliphatic hydroxyl groups is 1. The van der Waals surface area contributed by atoms with E-state index in [0.717, 1.165) is 5.56 Å². The Morgan fingerprint density at radius 2 is 1.02 bits per heavy atom. The van der Waals surface area contributed by atoms with E-state index in [0.29, 0.717) is 101 Å². The van der Waals surface area contributed by atoms with E-state index in [1.165, 1.54) is 0 Å². The lowest BCUT2D eigenvalue weighted by Gasteiger charge is -2.37. The molecule has 0 aliphatic carbocycles. The van der Waals surface area contributed by atoms with Gasteiger partial charge in [-0.15, -0.1) is 0 Å². The van der Waals surface area contributed by atoms with E-state index in [2.05, 4.69) is 53.2 Å². The van der Waals surface area contributed by atoms with Crippen molar-refractivity contribution in [2.45, 2.75) is 164 Å². The summed E-state index contributed by atoms with van der Waals surface area (Å²) in [5, 5.41) is 40.4. The van der Waals surface area contributed by atoms with Crippen LogP contribution in [0.3, 0.4) is 0 Å². The molecule has 0 unspecified atom stereocenters. The number of unbranched alkanes of at least 4 members (excludes halogenated alkanes) is 1. The molecular weight excluding hydrogens is 1120 g/mol. The second kappa shape index (κ2) is 31.2. The van der Waals surface area contributed by atoms with Gasteiger partial charge in [-0.25, -0.2) is 0 Å². The van der Waals surface area contributed by atoms with E-state index in [4.69, 9.17) is 0 Å². The van der Waals surface area contributed by atoms with Crippen molar-refractivity contribution in [2.75, 3.05) is 57.5 Å². The van der Waals surface area contributed by atoms with Gasteiger partial charge in [-0.05, 0) is 114 Å². The predicted molar refractivity (Wildman–Crippen MR) is 333 cm³/mol. The van der Waals surface area contributed by atoms with Gasteiger partial charge < -0.3 is 68.1 Å². The Morgan fingerprint density at radius 3 is 1.53 bits per heavy atom. The first-order valence-corrected chi connectivity index (χ1v) is 31.4. The van der Waals surface area contributed by atoms with Crippen LogP contribution in [0.5, 0.6) is 0 Å². The molecule has 8 rings (SSSR count). The summed E-state index contributed by atoms with van der Waals surface area (Å²) in [4.78, 5) is 141. The van der Waals surface area contributed by atoms with Crippen LogP contribution < -0.4 is 64.0 Å². The summed E-state index contributed by atoms with van der Waals surface area (Å²) in [5.74, 6) is -4.16. The maximum atomic E-state index is 14.9. The Hall–Kier alpha value is -8.02. The molecule has 0 bridgehead atoms. The number of carbonyl (C=O) groups is 8. The van der Waals surface area contributed by atoms with Crippen molar-refractivity contribution in [2.24, 2.45) is 11.8 Å². The molecule has 11 N–H and O–H groups in total. The number of hydrogen-bond acceptors (Lipinski definition) is 15. The van der Waals surface area contributed by atoms with E-state index >= 15 is 0 Å². The molecule has 23 nitrogen and oxygen atoms in total. The zero-order chi connectivity index (χ0) is 62.9. The molecule has 8 amide bonds. The molecule has 4 aliphatic rings. The summed E-state index contributed by atoms with van der Waals surface area (Å²) in [5.41, 5.74) is -0.997. The van der Waals surface area contributed by atoms with Crippen molar-refractivity contribution in [1.29, 1.82) is 0 Å². The third-order valence-corrected chi connectivity index (χ3v) is 18.2. The molecule has 10 atom stereocenters. The fourth-order valence-corrected chi connectivity index (χ4v) is 13.2. The standard InChI is InChI=1S/C65H88N12O11/c1-5-47(66-3)58(82)73-52-41(26-28-45-30-32-49(76(45)62(52)86)60(84)72-37-40-19-10-7-11-20-40)38-71-51(79)25-18-36-69-55-54(56(80)57(55)81)68-34-16-17-35-70-64(88)65(43-21-12-8-13-22-43,44-23-14-9-15-24-44)75-61(85)50-33-31-46-29-27-42(39-78)53(63(87)77(46)50)74-59(83)48(6-2)67-4/h7-15,19-24,41-42,45-50,52-53,66-69,78H,5-6,16-18,25-39H2,1-4H3,(H,70,88)(H,71,79)(H,72,84)(H,73,82)(H,74,83)(H,75,85)/t41-,42-,45+,46+,47+,48+,49+,50+,52+,53+/m1/s1. The topological polar surface area (TPSA) is 318 Å².